The van der Waals surface area contributed by atoms with Crippen LogP contribution in [0.1, 0.15) is 22.8 Å². The van der Waals surface area contributed by atoms with Gasteiger partial charge in [0.1, 0.15) is 12.3 Å². The number of nitrogens with one attached hydrogen (secondary N) is 1. The SMILES string of the molecule is CCOC(=O)c1ccc(NC(=O)CN(c2cc(Cl)ccc2OC)S(=O)(=O)c2ccc(C)c([N+](=O)[O-])c2)cc1Cl. The van der Waals surface area contributed by atoms with Crippen LogP contribution in [-0.4, -0.2) is 45.5 Å². The van der Waals surface area contributed by atoms with Crippen LogP contribution >= 0.6 is 23.2 Å². The van der Waals surface area contributed by atoms with E-state index in [-0.39, 0.29) is 44.9 Å². The molecule has 0 bridgehead atoms. The van der Waals surface area contributed by atoms with Crippen LogP contribution < -0.4 is 14.4 Å². The standard InChI is InChI=1S/C25H23Cl2N3O8S/c1-4-38-25(32)19-9-7-17(12-20(19)27)28-24(31)14-29(22-11-16(26)6-10-23(22)37-3)39(35,36)18-8-5-15(2)21(13-18)30(33)34/h5-13H,4,14H2,1-3H3,(H,28,31). The van der Waals surface area contributed by atoms with Crippen molar-refractivity contribution in [1.29, 1.82) is 0 Å². The van der Waals surface area contributed by atoms with Gasteiger partial charge in [-0.3, -0.25) is 19.2 Å². The number of carbonyl (C=O) groups is 2. The summed E-state index contributed by atoms with van der Waals surface area (Å²) in [7, 11) is -3.25. The Morgan fingerprint density at radius 1 is 1.08 bits per heavy atom. The Bertz CT molecular complexity index is 1550. The van der Waals surface area contributed by atoms with Crippen LogP contribution in [0.15, 0.2) is 59.5 Å². The van der Waals surface area contributed by atoms with Gasteiger partial charge >= 0.3 is 5.97 Å². The summed E-state index contributed by atoms with van der Waals surface area (Å²) < 4.78 is 38.5. The zero-order chi connectivity index (χ0) is 28.9. The van der Waals surface area contributed by atoms with Gasteiger partial charge in [-0.15, -0.1) is 0 Å². The highest BCUT2D eigenvalue weighted by molar-refractivity contribution is 7.92. The summed E-state index contributed by atoms with van der Waals surface area (Å²) in [5, 5.41) is 14.2. The van der Waals surface area contributed by atoms with Crippen molar-refractivity contribution in [2.45, 2.75) is 18.7 Å². The first kappa shape index (κ1) is 29.7. The van der Waals surface area contributed by atoms with Crippen molar-refractivity contribution in [2.24, 2.45) is 0 Å². The number of benzene rings is 3. The maximum absolute atomic E-state index is 13.8. The second-order valence-electron chi connectivity index (χ2n) is 8.00. The first-order valence-electron chi connectivity index (χ1n) is 11.3. The van der Waals surface area contributed by atoms with Gasteiger partial charge in [0.2, 0.25) is 5.91 Å². The first-order chi connectivity index (χ1) is 18.4. The molecule has 0 unspecified atom stereocenters. The van der Waals surface area contributed by atoms with Crippen molar-refractivity contribution in [3.05, 3.63) is 85.9 Å². The Morgan fingerprint density at radius 3 is 2.41 bits per heavy atom. The molecule has 0 heterocycles. The lowest BCUT2D eigenvalue weighted by molar-refractivity contribution is -0.385. The number of hydrogen-bond donors (Lipinski definition) is 1. The Hall–Kier alpha value is -3.87. The largest absolute Gasteiger partial charge is 0.495 e. The zero-order valence-electron chi connectivity index (χ0n) is 20.9. The number of nitrogens with zero attached hydrogens (tertiary/aromatic N) is 2. The van der Waals surface area contributed by atoms with Crippen molar-refractivity contribution in [3.8, 4) is 5.75 Å². The molecular formula is C25H23Cl2N3O8S. The Balaban J connectivity index is 2.02. The number of sulfonamides is 1. The molecule has 0 atom stereocenters. The number of nitro groups is 1. The first-order valence-corrected chi connectivity index (χ1v) is 13.5. The molecule has 39 heavy (non-hydrogen) atoms. The normalized spacial score (nSPS) is 11.0. The van der Waals surface area contributed by atoms with Gasteiger partial charge in [0.05, 0.1) is 39.8 Å². The Kier molecular flexibility index (Phi) is 9.38. The second kappa shape index (κ2) is 12.3. The molecule has 11 nitrogen and oxygen atoms in total. The quantitative estimate of drug-likeness (QED) is 0.190. The third-order valence-corrected chi connectivity index (χ3v) is 7.71. The minimum Gasteiger partial charge on any atom is -0.495 e. The molecule has 0 aliphatic rings. The number of halogens is 2. The van der Waals surface area contributed by atoms with Gasteiger partial charge in [0, 0.05) is 22.3 Å². The number of esters is 1. The Morgan fingerprint density at radius 2 is 1.79 bits per heavy atom. The summed E-state index contributed by atoms with van der Waals surface area (Å²) in [6.45, 7) is 2.50. The van der Waals surface area contributed by atoms with Crippen molar-refractivity contribution >= 4 is 62.2 Å². The average Bonchev–Trinajstić information content (AvgIpc) is 2.87. The lowest BCUT2D eigenvalue weighted by Crippen LogP contribution is -2.38. The van der Waals surface area contributed by atoms with Crippen LogP contribution in [0.2, 0.25) is 10.0 Å². The average molecular weight is 596 g/mol. The second-order valence-corrected chi connectivity index (χ2v) is 10.7. The van der Waals surface area contributed by atoms with Gasteiger partial charge in [-0.2, -0.15) is 0 Å². The number of aryl methyl sites for hydroxylation is 1. The predicted molar refractivity (Wildman–Crippen MR) is 146 cm³/mol. The molecule has 14 heteroatoms. The maximum Gasteiger partial charge on any atom is 0.339 e. The molecule has 0 fully saturated rings. The minimum absolute atomic E-state index is 0.0132. The predicted octanol–water partition coefficient (Wildman–Crippen LogP) is 5.23. The van der Waals surface area contributed by atoms with Crippen molar-refractivity contribution < 1.29 is 32.4 Å². The highest BCUT2D eigenvalue weighted by Crippen LogP contribution is 2.36. The van der Waals surface area contributed by atoms with Crippen molar-refractivity contribution in [2.75, 3.05) is 29.9 Å². The van der Waals surface area contributed by atoms with E-state index in [2.05, 4.69) is 5.32 Å². The van der Waals surface area contributed by atoms with Crippen LogP contribution in [0.5, 0.6) is 5.75 Å². The van der Waals surface area contributed by atoms with Gasteiger partial charge in [0.15, 0.2) is 0 Å². The van der Waals surface area contributed by atoms with Crippen molar-refractivity contribution in [1.82, 2.24) is 0 Å². The van der Waals surface area contributed by atoms with Gasteiger partial charge < -0.3 is 14.8 Å². The molecule has 0 aliphatic heterocycles. The number of nitro benzene ring substituents is 1. The highest BCUT2D eigenvalue weighted by Gasteiger charge is 2.31. The monoisotopic (exact) mass is 595 g/mol. The van der Waals surface area contributed by atoms with Crippen LogP contribution in [0.25, 0.3) is 0 Å². The molecule has 0 spiro atoms. The number of amides is 1. The maximum atomic E-state index is 13.8. The van der Waals surface area contributed by atoms with Gasteiger partial charge in [-0.1, -0.05) is 29.3 Å². The lowest BCUT2D eigenvalue weighted by atomic mass is 10.2. The van der Waals surface area contributed by atoms with E-state index in [0.717, 1.165) is 10.4 Å². The lowest BCUT2D eigenvalue weighted by Gasteiger charge is -2.26. The zero-order valence-corrected chi connectivity index (χ0v) is 23.3. The molecule has 0 aliphatic carbocycles. The van der Waals surface area contributed by atoms with Crippen LogP contribution in [-0.2, 0) is 19.6 Å². The van der Waals surface area contributed by atoms with E-state index in [1.807, 2.05) is 0 Å². The molecule has 206 valence electrons. The molecule has 0 saturated carbocycles. The third-order valence-electron chi connectivity index (χ3n) is 5.41. The van der Waals surface area contributed by atoms with E-state index >= 15 is 0 Å². The molecule has 1 amide bonds. The van der Waals surface area contributed by atoms with E-state index in [4.69, 9.17) is 32.7 Å². The summed E-state index contributed by atoms with van der Waals surface area (Å²) in [4.78, 5) is 35.4. The minimum atomic E-state index is -4.55. The summed E-state index contributed by atoms with van der Waals surface area (Å²) in [6, 6.07) is 11.7. The summed E-state index contributed by atoms with van der Waals surface area (Å²) in [5.41, 5.74) is 0.0467. The van der Waals surface area contributed by atoms with Crippen molar-refractivity contribution in [3.63, 3.8) is 0 Å². The molecule has 3 rings (SSSR count). The number of hydrogen-bond acceptors (Lipinski definition) is 8. The highest BCUT2D eigenvalue weighted by atomic mass is 35.5. The molecule has 0 aromatic heterocycles. The van der Waals surface area contributed by atoms with Gasteiger partial charge in [-0.05, 0) is 56.3 Å². The number of methoxy groups -OCH3 is 1. The number of anilines is 2. The topological polar surface area (TPSA) is 145 Å². The Labute approximate surface area is 234 Å². The smallest absolute Gasteiger partial charge is 0.339 e. The van der Waals surface area contributed by atoms with Crippen LogP contribution in [0, 0.1) is 17.0 Å². The fourth-order valence-electron chi connectivity index (χ4n) is 3.53. The molecule has 3 aromatic rings. The number of ether oxygens (including phenoxy) is 2. The van der Waals surface area contributed by atoms with Crippen LogP contribution in [0.3, 0.4) is 0 Å². The molecular weight excluding hydrogens is 573 g/mol. The molecule has 1 N–H and O–H groups in total. The third kappa shape index (κ3) is 6.77. The van der Waals surface area contributed by atoms with Gasteiger partial charge in [0.25, 0.3) is 15.7 Å². The van der Waals surface area contributed by atoms with E-state index in [1.54, 1.807) is 6.92 Å². The summed E-state index contributed by atoms with van der Waals surface area (Å²) in [6.07, 6.45) is 0. The van der Waals surface area contributed by atoms with E-state index < -0.39 is 44.0 Å². The number of carbonyl (C=O) groups excluding carboxylic acids is 2. The summed E-state index contributed by atoms with van der Waals surface area (Å²) >= 11 is 12.3. The van der Waals surface area contributed by atoms with E-state index in [0.29, 0.717) is 0 Å². The van der Waals surface area contributed by atoms with E-state index in [1.165, 1.54) is 62.6 Å². The number of rotatable bonds is 10. The fraction of sp³-hybridized carbons (Fsp3) is 0.200. The molecule has 0 saturated heterocycles. The van der Waals surface area contributed by atoms with Crippen LogP contribution in [0.4, 0.5) is 17.1 Å². The molecule has 3 aromatic carbocycles. The fourth-order valence-corrected chi connectivity index (χ4v) is 5.40. The summed E-state index contributed by atoms with van der Waals surface area (Å²) in [5.74, 6) is -1.35. The van der Waals surface area contributed by atoms with E-state index in [9.17, 15) is 28.1 Å². The van der Waals surface area contributed by atoms with Gasteiger partial charge in [-0.25, -0.2) is 13.2 Å². The molecule has 0 radical (unpaired) electrons.